The molecular formula is C46H54F2N8O5S. The van der Waals surface area contributed by atoms with E-state index in [0.29, 0.717) is 41.8 Å². The van der Waals surface area contributed by atoms with Gasteiger partial charge in [0.05, 0.1) is 11.2 Å². The Morgan fingerprint density at radius 1 is 0.952 bits per heavy atom. The number of benzene rings is 2. The van der Waals surface area contributed by atoms with Crippen molar-refractivity contribution in [1.29, 1.82) is 0 Å². The van der Waals surface area contributed by atoms with E-state index in [2.05, 4.69) is 56.0 Å². The molecular weight excluding hydrogens is 815 g/mol. The SMILES string of the molecule is CC1CCCC1n1c(=O)c(C(F)F)cc2cnc(NC3CCN(SCCc4ccc(CN5CCC(O)(c6ccc7c(c6)CN(C6CCC(=O)NC6=O)C7=O)CC5)cc4)CC3)nc21. The fraction of sp³-hybridized carbons (Fsp3) is 0.522. The number of likely N-dealkylation sites (tertiary alicyclic amines) is 1. The fourth-order valence-corrected chi connectivity index (χ4v) is 11.1. The maximum Gasteiger partial charge on any atom is 0.269 e. The predicted octanol–water partition coefficient (Wildman–Crippen LogP) is 6.10. The summed E-state index contributed by atoms with van der Waals surface area (Å²) in [6, 6.07) is 14.9. The Kier molecular flexibility index (Phi) is 12.2. The highest BCUT2D eigenvalue weighted by Crippen LogP contribution is 2.38. The Morgan fingerprint density at radius 2 is 1.71 bits per heavy atom. The minimum atomic E-state index is -2.86. The van der Waals surface area contributed by atoms with Crippen molar-refractivity contribution in [3.8, 4) is 0 Å². The highest BCUT2D eigenvalue weighted by atomic mass is 32.2. The van der Waals surface area contributed by atoms with Gasteiger partial charge in [0.1, 0.15) is 11.7 Å². The minimum absolute atomic E-state index is 0.153. The van der Waals surface area contributed by atoms with Crippen molar-refractivity contribution >= 4 is 46.7 Å². The van der Waals surface area contributed by atoms with Crippen LogP contribution in [0.2, 0.25) is 0 Å². The van der Waals surface area contributed by atoms with Crippen molar-refractivity contribution in [3.05, 3.63) is 98.5 Å². The number of carbonyl (C=O) groups is 3. The molecule has 16 heteroatoms. The zero-order chi connectivity index (χ0) is 43.1. The van der Waals surface area contributed by atoms with Crippen molar-refractivity contribution < 1.29 is 28.3 Å². The number of imide groups is 1. The molecule has 5 aliphatic rings. The number of aryl methyl sites for hydroxylation is 1. The lowest BCUT2D eigenvalue weighted by Crippen LogP contribution is -2.52. The molecule has 6 heterocycles. The highest BCUT2D eigenvalue weighted by molar-refractivity contribution is 7.97. The van der Waals surface area contributed by atoms with E-state index in [0.717, 1.165) is 88.1 Å². The van der Waals surface area contributed by atoms with Crippen LogP contribution in [0.1, 0.15) is 115 Å². The summed E-state index contributed by atoms with van der Waals surface area (Å²) < 4.78 is 31.6. The van der Waals surface area contributed by atoms with Crippen LogP contribution in [0.15, 0.2) is 59.5 Å². The maximum atomic E-state index is 13.8. The number of pyridine rings is 1. The van der Waals surface area contributed by atoms with E-state index in [1.165, 1.54) is 21.8 Å². The minimum Gasteiger partial charge on any atom is -0.385 e. The van der Waals surface area contributed by atoms with Crippen LogP contribution in [0.3, 0.4) is 0 Å². The molecule has 1 saturated carbocycles. The number of nitrogens with zero attached hydrogens (tertiary/aromatic N) is 6. The molecule has 4 aromatic rings. The molecule has 1 aliphatic carbocycles. The Morgan fingerprint density at radius 3 is 2.42 bits per heavy atom. The Hall–Kier alpha value is -4.77. The third kappa shape index (κ3) is 8.75. The number of amides is 3. The normalized spacial score (nSPS) is 23.7. The first-order chi connectivity index (χ1) is 29.9. The molecule has 4 fully saturated rings. The number of aromatic nitrogens is 3. The number of halogens is 2. The van der Waals surface area contributed by atoms with Crippen LogP contribution in [0.4, 0.5) is 14.7 Å². The van der Waals surface area contributed by atoms with E-state index >= 15 is 0 Å². The third-order valence-electron chi connectivity index (χ3n) is 13.8. The van der Waals surface area contributed by atoms with Crippen molar-refractivity contribution in [1.82, 2.24) is 34.0 Å². The number of fused-ring (bicyclic) bond motifs is 2. The summed E-state index contributed by atoms with van der Waals surface area (Å²) in [6.07, 6.45) is 5.84. The van der Waals surface area contributed by atoms with Crippen LogP contribution in [0, 0.1) is 5.92 Å². The van der Waals surface area contributed by atoms with Crippen LogP contribution in [-0.2, 0) is 34.7 Å². The van der Waals surface area contributed by atoms with Gasteiger partial charge in [-0.05, 0) is 91.7 Å². The summed E-state index contributed by atoms with van der Waals surface area (Å²) >= 11 is 1.86. The number of piperidine rings is 3. The summed E-state index contributed by atoms with van der Waals surface area (Å²) in [6.45, 7) is 6.46. The number of carbonyl (C=O) groups excluding carboxylic acids is 3. The van der Waals surface area contributed by atoms with Crippen molar-refractivity contribution in [3.63, 3.8) is 0 Å². The first kappa shape index (κ1) is 42.5. The lowest BCUT2D eigenvalue weighted by atomic mass is 9.83. The predicted molar refractivity (Wildman–Crippen MR) is 233 cm³/mol. The fourth-order valence-electron chi connectivity index (χ4n) is 10.1. The van der Waals surface area contributed by atoms with E-state index < -0.39 is 35.1 Å². The largest absolute Gasteiger partial charge is 0.385 e. The molecule has 3 amide bonds. The van der Waals surface area contributed by atoms with Gasteiger partial charge in [0.25, 0.3) is 17.9 Å². The number of aliphatic hydroxyl groups is 1. The second-order valence-corrected chi connectivity index (χ2v) is 19.0. The van der Waals surface area contributed by atoms with Gasteiger partial charge in [-0.25, -0.2) is 13.8 Å². The van der Waals surface area contributed by atoms with Gasteiger partial charge >= 0.3 is 0 Å². The second-order valence-electron chi connectivity index (χ2n) is 17.9. The lowest BCUT2D eigenvalue weighted by molar-refractivity contribution is -0.136. The molecule has 0 spiro atoms. The average Bonchev–Trinajstić information content (AvgIpc) is 3.84. The maximum absolute atomic E-state index is 13.8. The number of alkyl halides is 2. The Bertz CT molecular complexity index is 2400. The van der Waals surface area contributed by atoms with Crippen molar-refractivity contribution in [2.24, 2.45) is 5.92 Å². The first-order valence-corrected chi connectivity index (χ1v) is 23.0. The van der Waals surface area contributed by atoms with Gasteiger partial charge in [-0.15, -0.1) is 0 Å². The van der Waals surface area contributed by atoms with Crippen LogP contribution >= 0.6 is 11.9 Å². The van der Waals surface area contributed by atoms with Gasteiger partial charge in [-0.1, -0.05) is 61.7 Å². The number of hydrogen-bond acceptors (Lipinski definition) is 11. The van der Waals surface area contributed by atoms with E-state index in [-0.39, 0.29) is 42.8 Å². The summed E-state index contributed by atoms with van der Waals surface area (Å²) in [7, 11) is 0. The summed E-state index contributed by atoms with van der Waals surface area (Å²) in [5, 5.41) is 18.0. The van der Waals surface area contributed by atoms with E-state index in [1.54, 1.807) is 17.2 Å². The Labute approximate surface area is 363 Å². The van der Waals surface area contributed by atoms with Crippen LogP contribution in [0.25, 0.3) is 11.0 Å². The molecule has 2 aromatic heterocycles. The van der Waals surface area contributed by atoms with Gasteiger partial charge in [0.15, 0.2) is 0 Å². The molecule has 0 radical (unpaired) electrons. The van der Waals surface area contributed by atoms with E-state index in [4.69, 9.17) is 4.98 Å². The van der Waals surface area contributed by atoms with Crippen LogP contribution < -0.4 is 16.2 Å². The van der Waals surface area contributed by atoms with Gasteiger partial charge < -0.3 is 15.3 Å². The molecule has 62 heavy (non-hydrogen) atoms. The molecule has 2 aromatic carbocycles. The molecule has 0 bridgehead atoms. The van der Waals surface area contributed by atoms with E-state index in [1.807, 2.05) is 24.1 Å². The lowest BCUT2D eigenvalue weighted by Gasteiger charge is -2.38. The van der Waals surface area contributed by atoms with Gasteiger partial charge in [-0.3, -0.25) is 38.3 Å². The third-order valence-corrected chi connectivity index (χ3v) is 14.9. The molecule has 3 atom stereocenters. The quantitative estimate of drug-likeness (QED) is 0.112. The standard InChI is InChI=1S/C46H54F2N8O5S/c1-28-3-2-4-37(28)56-41-31(24-36(40(47)48)44(56)60)25-49-45(52-41)50-34-13-18-54(19-14-34)62-22-15-29-5-7-30(8-6-29)26-53-20-16-46(61,17-21-53)33-9-10-35-32(23-33)27-55(43(35)59)38-11-12-39(57)51-42(38)58/h5-10,23-25,28,34,37-38,40,61H,2-4,11-22,26-27H2,1H3,(H,49,50,52)(H,51,57,58). The van der Waals surface area contributed by atoms with Crippen molar-refractivity contribution in [2.75, 3.05) is 37.2 Å². The molecule has 3 saturated heterocycles. The first-order valence-electron chi connectivity index (χ1n) is 22.1. The van der Waals surface area contributed by atoms with Crippen LogP contribution in [0.5, 0.6) is 0 Å². The molecule has 9 rings (SSSR count). The topological polar surface area (TPSA) is 153 Å². The summed E-state index contributed by atoms with van der Waals surface area (Å²) in [5.74, 6) is 0.651. The molecule has 328 valence electrons. The molecule has 4 aliphatic heterocycles. The second kappa shape index (κ2) is 17.8. The molecule has 13 nitrogen and oxygen atoms in total. The van der Waals surface area contributed by atoms with Gasteiger partial charge in [0.2, 0.25) is 17.8 Å². The number of rotatable bonds is 12. The average molecular weight is 869 g/mol. The molecule has 3 unspecified atom stereocenters. The van der Waals surface area contributed by atoms with Gasteiger partial charge in [0, 0.05) is 80.7 Å². The number of hydrogen-bond donors (Lipinski definition) is 3. The van der Waals surface area contributed by atoms with Gasteiger partial charge in [-0.2, -0.15) is 4.98 Å². The highest BCUT2D eigenvalue weighted by Gasteiger charge is 2.41. The smallest absolute Gasteiger partial charge is 0.269 e. The van der Waals surface area contributed by atoms with E-state index in [9.17, 15) is 33.1 Å². The molecule has 3 N–H and O–H groups in total. The number of nitrogens with one attached hydrogen (secondary N) is 2. The van der Waals surface area contributed by atoms with Crippen molar-refractivity contribution in [2.45, 2.75) is 114 Å². The van der Waals surface area contributed by atoms with Crippen LogP contribution in [-0.4, -0.2) is 95.5 Å². The zero-order valence-electron chi connectivity index (χ0n) is 35.0. The number of anilines is 1. The summed E-state index contributed by atoms with van der Waals surface area (Å²) in [4.78, 5) is 63.6. The zero-order valence-corrected chi connectivity index (χ0v) is 35.8. The Balaban J connectivity index is 0.715. The summed E-state index contributed by atoms with van der Waals surface area (Å²) in [5.41, 5.74) is 2.96. The monoisotopic (exact) mass is 868 g/mol.